The Labute approximate surface area is 188 Å². The van der Waals surface area contributed by atoms with E-state index in [0.29, 0.717) is 12.6 Å². The summed E-state index contributed by atoms with van der Waals surface area (Å²) in [6.07, 6.45) is 10.5. The Morgan fingerprint density at radius 2 is 1.90 bits per heavy atom. The molecule has 31 heavy (non-hydrogen) atoms. The molecule has 0 bridgehead atoms. The summed E-state index contributed by atoms with van der Waals surface area (Å²) in [6, 6.07) is 0.474. The second kappa shape index (κ2) is 13.0. The minimum Gasteiger partial charge on any atom is -0.382 e. The molecule has 1 saturated heterocycles. The standard InChI is InChI=1S/C23H43N7O/c1-4-31-16-8-13-24-23(25-17-22-28-27-19(2)29(22)3)26-21-11-14-30(15-12-21)18-20-9-6-5-7-10-20/h20-21H,4-18H2,1-3H3,(H2,24,25,26). The number of guanidine groups is 1. The SMILES string of the molecule is CCOCCCNC(=NCc1nnc(C)n1C)NC1CCN(CC2CCCCC2)CC1. The lowest BCUT2D eigenvalue weighted by atomic mass is 9.88. The van der Waals surface area contributed by atoms with Gasteiger partial charge >= 0.3 is 0 Å². The number of ether oxygens (including phenoxy) is 1. The fourth-order valence-corrected chi connectivity index (χ4v) is 4.60. The number of rotatable bonds is 10. The first-order valence-corrected chi connectivity index (χ1v) is 12.4. The normalized spacial score (nSPS) is 19.6. The van der Waals surface area contributed by atoms with Crippen LogP contribution in [0, 0.1) is 12.8 Å². The zero-order valence-corrected chi connectivity index (χ0v) is 19.9. The summed E-state index contributed by atoms with van der Waals surface area (Å²) in [4.78, 5) is 7.49. The third-order valence-corrected chi connectivity index (χ3v) is 6.69. The van der Waals surface area contributed by atoms with Crippen LogP contribution in [0.25, 0.3) is 0 Å². The Balaban J connectivity index is 1.47. The lowest BCUT2D eigenvalue weighted by molar-refractivity contribution is 0.145. The van der Waals surface area contributed by atoms with Crippen molar-refractivity contribution in [2.24, 2.45) is 18.0 Å². The highest BCUT2D eigenvalue weighted by molar-refractivity contribution is 5.80. The van der Waals surface area contributed by atoms with Crippen molar-refractivity contribution in [3.05, 3.63) is 11.6 Å². The quantitative estimate of drug-likeness (QED) is 0.335. The van der Waals surface area contributed by atoms with E-state index < -0.39 is 0 Å². The van der Waals surface area contributed by atoms with Crippen LogP contribution < -0.4 is 10.6 Å². The van der Waals surface area contributed by atoms with E-state index in [2.05, 4.69) is 25.7 Å². The molecule has 2 N–H and O–H groups in total. The van der Waals surface area contributed by atoms with E-state index in [0.717, 1.165) is 49.7 Å². The molecular weight excluding hydrogens is 390 g/mol. The van der Waals surface area contributed by atoms with E-state index in [1.807, 2.05) is 25.5 Å². The molecule has 176 valence electrons. The summed E-state index contributed by atoms with van der Waals surface area (Å²) in [7, 11) is 1.99. The highest BCUT2D eigenvalue weighted by Crippen LogP contribution is 2.25. The number of hydrogen-bond acceptors (Lipinski definition) is 5. The lowest BCUT2D eigenvalue weighted by Crippen LogP contribution is -2.49. The highest BCUT2D eigenvalue weighted by atomic mass is 16.5. The highest BCUT2D eigenvalue weighted by Gasteiger charge is 2.23. The average Bonchev–Trinajstić information content (AvgIpc) is 3.11. The summed E-state index contributed by atoms with van der Waals surface area (Å²) in [6.45, 7) is 10.6. The molecule has 8 nitrogen and oxygen atoms in total. The van der Waals surface area contributed by atoms with Crippen molar-refractivity contribution in [2.75, 3.05) is 39.4 Å². The zero-order chi connectivity index (χ0) is 21.9. The maximum absolute atomic E-state index is 5.46. The minimum atomic E-state index is 0.474. The van der Waals surface area contributed by atoms with Crippen LogP contribution in [0.4, 0.5) is 0 Å². The van der Waals surface area contributed by atoms with Crippen molar-refractivity contribution in [1.82, 2.24) is 30.3 Å². The number of nitrogens with one attached hydrogen (secondary N) is 2. The molecule has 0 spiro atoms. The molecule has 1 aromatic heterocycles. The Morgan fingerprint density at radius 1 is 1.13 bits per heavy atom. The molecule has 0 atom stereocenters. The number of likely N-dealkylation sites (tertiary alicyclic amines) is 1. The summed E-state index contributed by atoms with van der Waals surface area (Å²) in [5, 5.41) is 15.6. The predicted molar refractivity (Wildman–Crippen MR) is 125 cm³/mol. The zero-order valence-electron chi connectivity index (χ0n) is 19.9. The Bertz CT molecular complexity index is 661. The third-order valence-electron chi connectivity index (χ3n) is 6.69. The van der Waals surface area contributed by atoms with Gasteiger partial charge in [0.2, 0.25) is 0 Å². The molecule has 0 amide bonds. The smallest absolute Gasteiger partial charge is 0.191 e. The Hall–Kier alpha value is -1.67. The van der Waals surface area contributed by atoms with Crippen molar-refractivity contribution in [2.45, 2.75) is 77.8 Å². The van der Waals surface area contributed by atoms with E-state index in [9.17, 15) is 0 Å². The Morgan fingerprint density at radius 3 is 2.58 bits per heavy atom. The number of hydrogen-bond donors (Lipinski definition) is 2. The van der Waals surface area contributed by atoms with Gasteiger partial charge in [-0.1, -0.05) is 19.3 Å². The molecule has 2 heterocycles. The fraction of sp³-hybridized carbons (Fsp3) is 0.870. The third kappa shape index (κ3) is 8.07. The van der Waals surface area contributed by atoms with Gasteiger partial charge in [0.1, 0.15) is 12.4 Å². The van der Waals surface area contributed by atoms with Crippen molar-refractivity contribution < 1.29 is 4.74 Å². The molecule has 8 heteroatoms. The van der Waals surface area contributed by atoms with Gasteiger partial charge in [-0.3, -0.25) is 0 Å². The molecule has 2 fully saturated rings. The van der Waals surface area contributed by atoms with Gasteiger partial charge in [0.25, 0.3) is 0 Å². The number of aryl methyl sites for hydroxylation is 1. The van der Waals surface area contributed by atoms with Gasteiger partial charge in [0.15, 0.2) is 11.8 Å². The number of nitrogens with zero attached hydrogens (tertiary/aromatic N) is 5. The van der Waals surface area contributed by atoms with Gasteiger partial charge in [0, 0.05) is 52.5 Å². The maximum atomic E-state index is 5.46. The molecule has 2 aliphatic rings. The van der Waals surface area contributed by atoms with Gasteiger partial charge in [-0.25, -0.2) is 4.99 Å². The van der Waals surface area contributed by atoms with Crippen molar-refractivity contribution in [3.8, 4) is 0 Å². The maximum Gasteiger partial charge on any atom is 0.191 e. The van der Waals surface area contributed by atoms with E-state index in [4.69, 9.17) is 9.73 Å². The number of piperidine rings is 1. The summed E-state index contributed by atoms with van der Waals surface area (Å²) < 4.78 is 7.46. The molecule has 0 aromatic carbocycles. The predicted octanol–water partition coefficient (Wildman–Crippen LogP) is 2.63. The molecular formula is C23H43N7O. The molecule has 0 radical (unpaired) electrons. The molecule has 1 saturated carbocycles. The molecule has 3 rings (SSSR count). The second-order valence-electron chi connectivity index (χ2n) is 9.09. The van der Waals surface area contributed by atoms with Crippen LogP contribution in [0.1, 0.15) is 69.9 Å². The first-order valence-electron chi connectivity index (χ1n) is 12.4. The van der Waals surface area contributed by atoms with Crippen LogP contribution in [0.5, 0.6) is 0 Å². The largest absolute Gasteiger partial charge is 0.382 e. The van der Waals surface area contributed by atoms with Crippen LogP contribution in [-0.2, 0) is 18.3 Å². The first kappa shape index (κ1) is 24.0. The van der Waals surface area contributed by atoms with E-state index in [-0.39, 0.29) is 0 Å². The summed E-state index contributed by atoms with van der Waals surface area (Å²) in [5.74, 6) is 3.60. The van der Waals surface area contributed by atoms with E-state index >= 15 is 0 Å². The van der Waals surface area contributed by atoms with E-state index in [1.54, 1.807) is 0 Å². The molecule has 1 aliphatic carbocycles. The van der Waals surface area contributed by atoms with Crippen LogP contribution in [-0.4, -0.2) is 71.1 Å². The van der Waals surface area contributed by atoms with Gasteiger partial charge in [-0.2, -0.15) is 0 Å². The number of aromatic nitrogens is 3. The van der Waals surface area contributed by atoms with Crippen LogP contribution in [0.15, 0.2) is 4.99 Å². The molecule has 0 unspecified atom stereocenters. The van der Waals surface area contributed by atoms with Crippen molar-refractivity contribution in [3.63, 3.8) is 0 Å². The van der Waals surface area contributed by atoms with Crippen LogP contribution >= 0.6 is 0 Å². The van der Waals surface area contributed by atoms with Gasteiger partial charge in [0.05, 0.1) is 0 Å². The van der Waals surface area contributed by atoms with Gasteiger partial charge in [-0.15, -0.1) is 10.2 Å². The fourth-order valence-electron chi connectivity index (χ4n) is 4.60. The van der Waals surface area contributed by atoms with Crippen LogP contribution in [0.3, 0.4) is 0 Å². The van der Waals surface area contributed by atoms with Gasteiger partial charge in [-0.05, 0) is 51.9 Å². The van der Waals surface area contributed by atoms with Gasteiger partial charge < -0.3 is 24.8 Å². The first-order chi connectivity index (χ1) is 15.2. The average molecular weight is 434 g/mol. The minimum absolute atomic E-state index is 0.474. The van der Waals surface area contributed by atoms with E-state index in [1.165, 1.54) is 64.6 Å². The molecule has 1 aliphatic heterocycles. The van der Waals surface area contributed by atoms with Crippen LogP contribution in [0.2, 0.25) is 0 Å². The topological polar surface area (TPSA) is 79.6 Å². The summed E-state index contributed by atoms with van der Waals surface area (Å²) >= 11 is 0. The number of aliphatic imine (C=N–C) groups is 1. The van der Waals surface area contributed by atoms with Crippen molar-refractivity contribution >= 4 is 5.96 Å². The monoisotopic (exact) mass is 433 g/mol. The lowest BCUT2D eigenvalue weighted by Gasteiger charge is -2.36. The summed E-state index contributed by atoms with van der Waals surface area (Å²) in [5.41, 5.74) is 0. The molecule has 1 aromatic rings. The Kier molecular flexibility index (Phi) is 10.1. The van der Waals surface area contributed by atoms with Crippen molar-refractivity contribution in [1.29, 1.82) is 0 Å². The second-order valence-corrected chi connectivity index (χ2v) is 9.09.